The average molecular weight is 585 g/mol. The van der Waals surface area contributed by atoms with E-state index in [0.29, 0.717) is 10.4 Å². The molecule has 0 fully saturated rings. The summed E-state index contributed by atoms with van der Waals surface area (Å²) in [6, 6.07) is 12.7. The first-order valence-corrected chi connectivity index (χ1v) is 12.7. The van der Waals surface area contributed by atoms with Crippen LogP contribution in [0.15, 0.2) is 71.6 Å². The number of alkyl halides is 3. The first kappa shape index (κ1) is 29.5. The van der Waals surface area contributed by atoms with Crippen LogP contribution in [0.5, 0.6) is 0 Å². The Kier molecular flexibility index (Phi) is 8.87. The van der Waals surface area contributed by atoms with Gasteiger partial charge in [-0.05, 0) is 48.5 Å². The molecule has 39 heavy (non-hydrogen) atoms. The van der Waals surface area contributed by atoms with E-state index in [4.69, 9.17) is 11.6 Å². The molecule has 1 amide bonds. The number of hydrogen-bond donors (Lipinski definition) is 1. The summed E-state index contributed by atoms with van der Waals surface area (Å²) in [5.41, 5.74) is -2.27. The van der Waals surface area contributed by atoms with Crippen molar-refractivity contribution in [2.75, 3.05) is 30.4 Å². The Labute approximate surface area is 226 Å². The molecule has 14 heteroatoms. The summed E-state index contributed by atoms with van der Waals surface area (Å²) in [5, 5.41) is 1.65. The van der Waals surface area contributed by atoms with Gasteiger partial charge in [0.25, 0.3) is 10.0 Å². The number of carbonyl (C=O) groups is 3. The van der Waals surface area contributed by atoms with E-state index in [-0.39, 0.29) is 21.7 Å². The van der Waals surface area contributed by atoms with Gasteiger partial charge in [-0.1, -0.05) is 29.8 Å². The lowest BCUT2D eigenvalue weighted by molar-refractivity contribution is -0.137. The molecular formula is C25H20ClF3N2O7S. The van der Waals surface area contributed by atoms with Crippen molar-refractivity contribution in [2.45, 2.75) is 11.1 Å². The predicted molar refractivity (Wildman–Crippen MR) is 135 cm³/mol. The molecule has 0 aliphatic rings. The van der Waals surface area contributed by atoms with Crippen LogP contribution in [0.25, 0.3) is 0 Å². The molecule has 0 saturated carbocycles. The average Bonchev–Trinajstić information content (AvgIpc) is 2.91. The Bertz CT molecular complexity index is 1510. The van der Waals surface area contributed by atoms with Gasteiger partial charge in [0.05, 0.1) is 52.2 Å². The summed E-state index contributed by atoms with van der Waals surface area (Å²) < 4.78 is 77.3. The van der Waals surface area contributed by atoms with Crippen LogP contribution in [0.2, 0.25) is 5.02 Å². The van der Waals surface area contributed by atoms with Crippen molar-refractivity contribution in [1.82, 2.24) is 0 Å². The zero-order valence-corrected chi connectivity index (χ0v) is 21.9. The number of amides is 1. The van der Waals surface area contributed by atoms with Crippen LogP contribution in [0.1, 0.15) is 26.3 Å². The molecule has 0 saturated heterocycles. The molecule has 0 bridgehead atoms. The van der Waals surface area contributed by atoms with E-state index in [1.54, 1.807) is 0 Å². The third kappa shape index (κ3) is 6.67. The summed E-state index contributed by atoms with van der Waals surface area (Å²) >= 11 is 5.69. The summed E-state index contributed by atoms with van der Waals surface area (Å²) in [7, 11) is -2.38. The Balaban J connectivity index is 2.08. The van der Waals surface area contributed by atoms with E-state index in [0.717, 1.165) is 32.4 Å². The van der Waals surface area contributed by atoms with Crippen molar-refractivity contribution in [1.29, 1.82) is 0 Å². The maximum Gasteiger partial charge on any atom is 0.417 e. The fourth-order valence-corrected chi connectivity index (χ4v) is 5.08. The van der Waals surface area contributed by atoms with Gasteiger partial charge in [0, 0.05) is 0 Å². The number of sulfonamides is 1. The van der Waals surface area contributed by atoms with Crippen LogP contribution in [0.4, 0.5) is 24.5 Å². The van der Waals surface area contributed by atoms with Crippen molar-refractivity contribution in [2.24, 2.45) is 0 Å². The highest BCUT2D eigenvalue weighted by Crippen LogP contribution is 2.38. The fraction of sp³-hybridized carbons (Fsp3) is 0.160. The number of rotatable bonds is 8. The molecule has 0 atom stereocenters. The highest BCUT2D eigenvalue weighted by atomic mass is 35.5. The lowest BCUT2D eigenvalue weighted by Gasteiger charge is -2.25. The van der Waals surface area contributed by atoms with Gasteiger partial charge in [0.15, 0.2) is 0 Å². The van der Waals surface area contributed by atoms with Gasteiger partial charge < -0.3 is 14.8 Å². The summed E-state index contributed by atoms with van der Waals surface area (Å²) in [6.45, 7) is -1.01. The van der Waals surface area contributed by atoms with E-state index in [9.17, 15) is 36.0 Å². The molecule has 3 rings (SSSR count). The lowest BCUT2D eigenvalue weighted by Crippen LogP contribution is -2.38. The minimum Gasteiger partial charge on any atom is -0.465 e. The molecule has 0 aliphatic carbocycles. The zero-order valence-electron chi connectivity index (χ0n) is 20.3. The van der Waals surface area contributed by atoms with Crippen molar-refractivity contribution in [3.05, 3.63) is 88.4 Å². The largest absolute Gasteiger partial charge is 0.465 e. The Morgan fingerprint density at radius 1 is 0.923 bits per heavy atom. The van der Waals surface area contributed by atoms with Gasteiger partial charge in [-0.15, -0.1) is 0 Å². The predicted octanol–water partition coefficient (Wildman–Crippen LogP) is 4.77. The van der Waals surface area contributed by atoms with E-state index >= 15 is 0 Å². The molecule has 0 radical (unpaired) electrons. The van der Waals surface area contributed by atoms with Gasteiger partial charge >= 0.3 is 18.1 Å². The van der Waals surface area contributed by atoms with E-state index in [2.05, 4.69) is 14.8 Å². The highest BCUT2D eigenvalue weighted by molar-refractivity contribution is 7.92. The third-order valence-corrected chi connectivity index (χ3v) is 7.40. The van der Waals surface area contributed by atoms with Crippen molar-refractivity contribution < 1.29 is 45.4 Å². The second-order valence-corrected chi connectivity index (χ2v) is 10.0. The second kappa shape index (κ2) is 11.7. The molecule has 0 heterocycles. The SMILES string of the molecule is COC(=O)c1ccc(C(=O)OC)c(NC(=O)CN(c2ccc(Cl)c(C(F)(F)F)c2)S(=O)(=O)c2ccccc2)c1. The third-order valence-electron chi connectivity index (χ3n) is 5.28. The molecule has 9 nitrogen and oxygen atoms in total. The van der Waals surface area contributed by atoms with Gasteiger partial charge in [0.1, 0.15) is 6.54 Å². The van der Waals surface area contributed by atoms with Gasteiger partial charge in [-0.3, -0.25) is 9.10 Å². The summed E-state index contributed by atoms with van der Waals surface area (Å²) in [6.07, 6.45) is -4.92. The first-order chi connectivity index (χ1) is 18.3. The van der Waals surface area contributed by atoms with Crippen molar-refractivity contribution in [3.8, 4) is 0 Å². The number of ether oxygens (including phenoxy) is 2. The molecule has 0 aliphatic heterocycles. The highest BCUT2D eigenvalue weighted by Gasteiger charge is 2.35. The second-order valence-electron chi connectivity index (χ2n) is 7.78. The Morgan fingerprint density at radius 2 is 1.56 bits per heavy atom. The van der Waals surface area contributed by atoms with E-state index < -0.39 is 56.9 Å². The molecule has 0 aromatic heterocycles. The maximum absolute atomic E-state index is 13.5. The molecule has 0 unspecified atom stereocenters. The first-order valence-electron chi connectivity index (χ1n) is 10.8. The molecule has 3 aromatic carbocycles. The minimum atomic E-state index is -4.92. The number of methoxy groups -OCH3 is 2. The molecule has 0 spiro atoms. The van der Waals surface area contributed by atoms with Gasteiger partial charge in [-0.2, -0.15) is 13.2 Å². The van der Waals surface area contributed by atoms with E-state index in [1.165, 1.54) is 42.5 Å². The lowest BCUT2D eigenvalue weighted by atomic mass is 10.1. The Hall–Kier alpha value is -4.10. The van der Waals surface area contributed by atoms with Crippen molar-refractivity contribution in [3.63, 3.8) is 0 Å². The molecule has 1 N–H and O–H groups in total. The topological polar surface area (TPSA) is 119 Å². The zero-order chi connectivity index (χ0) is 29.0. The van der Waals surface area contributed by atoms with Crippen LogP contribution in [-0.2, 0) is 30.5 Å². The number of nitrogens with zero attached hydrogens (tertiary/aromatic N) is 1. The van der Waals surface area contributed by atoms with Crippen LogP contribution in [0, 0.1) is 0 Å². The summed E-state index contributed by atoms with van der Waals surface area (Å²) in [5.74, 6) is -2.73. The number of carbonyl (C=O) groups excluding carboxylic acids is 3. The molecule has 206 valence electrons. The van der Waals surface area contributed by atoms with E-state index in [1.807, 2.05) is 0 Å². The number of anilines is 2. The van der Waals surface area contributed by atoms with Crippen LogP contribution in [0.3, 0.4) is 0 Å². The summed E-state index contributed by atoms with van der Waals surface area (Å²) in [4.78, 5) is 37.0. The van der Waals surface area contributed by atoms with Crippen LogP contribution in [-0.4, -0.2) is 47.0 Å². The minimum absolute atomic E-state index is 0.0539. The van der Waals surface area contributed by atoms with Crippen molar-refractivity contribution >= 4 is 50.8 Å². The number of benzene rings is 3. The maximum atomic E-state index is 13.5. The Morgan fingerprint density at radius 3 is 2.15 bits per heavy atom. The quantitative estimate of drug-likeness (QED) is 0.379. The number of hydrogen-bond acceptors (Lipinski definition) is 7. The standard InChI is InChI=1S/C25H20ClF3N2O7S/c1-37-23(33)15-8-10-18(24(34)38-2)21(12-15)30-22(32)14-31(39(35,36)17-6-4-3-5-7-17)16-9-11-20(26)19(13-16)25(27,28)29/h3-13H,14H2,1-2H3,(H,30,32). The van der Waals surface area contributed by atoms with Gasteiger partial charge in [-0.25, -0.2) is 18.0 Å². The normalized spacial score (nSPS) is 11.4. The molecule has 3 aromatic rings. The number of halogens is 4. The smallest absolute Gasteiger partial charge is 0.417 e. The number of nitrogens with one attached hydrogen (secondary N) is 1. The van der Waals surface area contributed by atoms with Crippen LogP contribution < -0.4 is 9.62 Å². The van der Waals surface area contributed by atoms with Gasteiger partial charge in [0.2, 0.25) is 5.91 Å². The van der Waals surface area contributed by atoms with Crippen LogP contribution >= 0.6 is 11.6 Å². The fourth-order valence-electron chi connectivity index (χ4n) is 3.42. The number of esters is 2. The molecular weight excluding hydrogens is 565 g/mol. The monoisotopic (exact) mass is 584 g/mol.